The van der Waals surface area contributed by atoms with Crippen molar-refractivity contribution in [3.63, 3.8) is 0 Å². The fourth-order valence-corrected chi connectivity index (χ4v) is 0.711. The van der Waals surface area contributed by atoms with Crippen LogP contribution >= 0.6 is 11.6 Å². The zero-order valence-corrected chi connectivity index (χ0v) is 6.10. The first-order valence-corrected chi connectivity index (χ1v) is 3.13. The summed E-state index contributed by atoms with van der Waals surface area (Å²) < 4.78 is 16.9. The van der Waals surface area contributed by atoms with Crippen molar-refractivity contribution in [2.45, 2.75) is 0 Å². The highest BCUT2D eigenvalue weighted by molar-refractivity contribution is 6.30. The van der Waals surface area contributed by atoms with E-state index in [1.165, 1.54) is 18.4 Å². The lowest BCUT2D eigenvalue weighted by Gasteiger charge is -1.95. The molecule has 0 saturated carbocycles. The van der Waals surface area contributed by atoms with Gasteiger partial charge in [0.25, 0.3) is 6.26 Å². The van der Waals surface area contributed by atoms with Crippen molar-refractivity contribution in [2.24, 2.45) is 0 Å². The summed E-state index contributed by atoms with van der Waals surface area (Å²) in [4.78, 5) is 0. The second kappa shape index (κ2) is 3.22. The first-order valence-electron chi connectivity index (χ1n) is 2.75. The maximum atomic E-state index is 12.6. The molecule has 0 atom stereocenters. The fourth-order valence-electron chi connectivity index (χ4n) is 0.593. The largest absolute Gasteiger partial charge is 0.388 e. The monoisotopic (exact) mass is 171 g/mol. The highest BCUT2D eigenvalue weighted by Crippen LogP contribution is 2.19. The number of halogens is 2. The van der Waals surface area contributed by atoms with Gasteiger partial charge in [-0.2, -0.15) is 0 Å². The number of rotatable bonds is 1. The molecule has 0 aromatic heterocycles. The summed E-state index contributed by atoms with van der Waals surface area (Å²) >= 11 is 5.37. The molecule has 0 fully saturated rings. The van der Waals surface area contributed by atoms with Crippen molar-refractivity contribution in [3.8, 4) is 12.0 Å². The quantitative estimate of drug-likeness (QED) is 0.608. The van der Waals surface area contributed by atoms with Crippen molar-refractivity contribution in [1.29, 1.82) is 5.26 Å². The number of benzene rings is 1. The molecule has 0 aliphatic heterocycles. The predicted molar refractivity (Wildman–Crippen MR) is 37.7 cm³/mol. The molecule has 4 heteroatoms. The molecule has 0 unspecified atom stereocenters. The van der Waals surface area contributed by atoms with E-state index in [1.807, 2.05) is 0 Å². The van der Waals surface area contributed by atoms with Crippen molar-refractivity contribution in [2.75, 3.05) is 0 Å². The number of nitriles is 1. The van der Waals surface area contributed by atoms with E-state index in [0.29, 0.717) is 0 Å². The number of nitrogens with zero attached hydrogens (tertiary/aromatic N) is 1. The van der Waals surface area contributed by atoms with Crippen LogP contribution in [0, 0.1) is 17.3 Å². The summed E-state index contributed by atoms with van der Waals surface area (Å²) in [7, 11) is 0. The molecule has 1 rings (SSSR count). The van der Waals surface area contributed by atoms with Gasteiger partial charge in [0.15, 0.2) is 0 Å². The third kappa shape index (κ3) is 1.82. The minimum atomic E-state index is -0.598. The Balaban J connectivity index is 2.98. The van der Waals surface area contributed by atoms with E-state index in [0.717, 1.165) is 6.07 Å². The zero-order chi connectivity index (χ0) is 8.27. The van der Waals surface area contributed by atoms with Gasteiger partial charge in [0.05, 0.1) is 5.02 Å². The third-order valence-corrected chi connectivity index (χ3v) is 1.36. The van der Waals surface area contributed by atoms with Crippen molar-refractivity contribution >= 4 is 11.6 Å². The molecule has 0 bridgehead atoms. The van der Waals surface area contributed by atoms with Gasteiger partial charge in [-0.1, -0.05) is 11.6 Å². The van der Waals surface area contributed by atoms with Crippen LogP contribution in [0.15, 0.2) is 18.2 Å². The molecule has 0 aliphatic rings. The smallest absolute Gasteiger partial charge is 0.292 e. The number of ether oxygens (including phenoxy) is 1. The Morgan fingerprint density at radius 2 is 2.27 bits per heavy atom. The highest BCUT2D eigenvalue weighted by Gasteiger charge is 2.00. The van der Waals surface area contributed by atoms with Gasteiger partial charge in [-0.15, -0.1) is 5.26 Å². The molecule has 56 valence electrons. The van der Waals surface area contributed by atoms with Crippen LogP contribution in [0.2, 0.25) is 5.02 Å². The van der Waals surface area contributed by atoms with Crippen LogP contribution in [0.5, 0.6) is 5.75 Å². The Bertz CT molecular complexity index is 308. The maximum absolute atomic E-state index is 12.6. The van der Waals surface area contributed by atoms with E-state index in [9.17, 15) is 4.39 Å². The lowest BCUT2D eigenvalue weighted by molar-refractivity contribution is 0.500. The summed E-state index contributed by atoms with van der Waals surface area (Å²) in [5.41, 5.74) is 0. The van der Waals surface area contributed by atoms with Crippen LogP contribution in [0.3, 0.4) is 0 Å². The molecule has 0 heterocycles. The summed E-state index contributed by atoms with van der Waals surface area (Å²) in [6.45, 7) is 0. The zero-order valence-electron chi connectivity index (χ0n) is 5.34. The molecule has 11 heavy (non-hydrogen) atoms. The maximum Gasteiger partial charge on any atom is 0.292 e. The predicted octanol–water partition coefficient (Wildman–Crippen LogP) is 2.34. The molecule has 0 spiro atoms. The summed E-state index contributed by atoms with van der Waals surface area (Å²) in [5.74, 6) is -0.450. The molecule has 0 N–H and O–H groups in total. The number of hydrogen-bond acceptors (Lipinski definition) is 2. The lowest BCUT2D eigenvalue weighted by atomic mass is 10.3. The van der Waals surface area contributed by atoms with Crippen LogP contribution in [-0.2, 0) is 0 Å². The molecule has 2 nitrogen and oxygen atoms in total. The van der Waals surface area contributed by atoms with Crippen LogP contribution in [0.1, 0.15) is 0 Å². The van der Waals surface area contributed by atoms with Crippen LogP contribution in [-0.4, -0.2) is 0 Å². The molecule has 1 aromatic carbocycles. The van der Waals surface area contributed by atoms with Crippen molar-refractivity contribution < 1.29 is 9.13 Å². The topological polar surface area (TPSA) is 33.0 Å². The normalized spacial score (nSPS) is 8.82. The third-order valence-electron chi connectivity index (χ3n) is 1.05. The van der Waals surface area contributed by atoms with Gasteiger partial charge in [-0.25, -0.2) is 4.39 Å². The Labute approximate surface area is 67.8 Å². The Kier molecular flexibility index (Phi) is 2.29. The van der Waals surface area contributed by atoms with Gasteiger partial charge in [-0.05, 0) is 12.1 Å². The van der Waals surface area contributed by atoms with E-state index in [2.05, 4.69) is 4.74 Å². The minimum Gasteiger partial charge on any atom is -0.388 e. The lowest BCUT2D eigenvalue weighted by Crippen LogP contribution is -1.83. The van der Waals surface area contributed by atoms with E-state index < -0.39 is 5.82 Å². The second-order valence-electron chi connectivity index (χ2n) is 1.77. The van der Waals surface area contributed by atoms with Gasteiger partial charge in [0.2, 0.25) is 0 Å². The molecular formula is C7H3ClFNO. The van der Waals surface area contributed by atoms with Crippen molar-refractivity contribution in [3.05, 3.63) is 29.0 Å². The molecule has 0 saturated heterocycles. The minimum absolute atomic E-state index is 0.00953. The van der Waals surface area contributed by atoms with Gasteiger partial charge in [0.1, 0.15) is 11.6 Å². The van der Waals surface area contributed by atoms with E-state index >= 15 is 0 Å². The van der Waals surface area contributed by atoms with Gasteiger partial charge < -0.3 is 4.74 Å². The first kappa shape index (κ1) is 7.83. The average molecular weight is 172 g/mol. The van der Waals surface area contributed by atoms with E-state index in [-0.39, 0.29) is 10.8 Å². The first-order chi connectivity index (χ1) is 5.24. The molecule has 0 radical (unpaired) electrons. The average Bonchev–Trinajstić information content (AvgIpc) is 1.98. The second-order valence-corrected chi connectivity index (χ2v) is 2.18. The van der Waals surface area contributed by atoms with Gasteiger partial charge >= 0.3 is 0 Å². The van der Waals surface area contributed by atoms with Crippen LogP contribution in [0.4, 0.5) is 4.39 Å². The van der Waals surface area contributed by atoms with Crippen LogP contribution < -0.4 is 4.74 Å². The SMILES string of the molecule is N#COc1ccc(Cl)c(F)c1. The van der Waals surface area contributed by atoms with Gasteiger partial charge in [0, 0.05) is 6.07 Å². The summed E-state index contributed by atoms with van der Waals surface area (Å²) in [5, 5.41) is 8.06. The van der Waals surface area contributed by atoms with E-state index in [1.54, 1.807) is 0 Å². The van der Waals surface area contributed by atoms with Crippen LogP contribution in [0.25, 0.3) is 0 Å². The molecule has 1 aromatic rings. The highest BCUT2D eigenvalue weighted by atomic mass is 35.5. The summed E-state index contributed by atoms with van der Waals surface area (Å²) in [6.07, 6.45) is 1.42. The Morgan fingerprint density at radius 3 is 2.82 bits per heavy atom. The van der Waals surface area contributed by atoms with Crippen molar-refractivity contribution in [1.82, 2.24) is 0 Å². The standard InChI is InChI=1S/C7H3ClFNO/c8-6-2-1-5(11-4-10)3-7(6)9/h1-3H. The fraction of sp³-hybridized carbons (Fsp3) is 0. The number of hydrogen-bond donors (Lipinski definition) is 0. The Morgan fingerprint density at radius 1 is 1.55 bits per heavy atom. The summed E-state index contributed by atoms with van der Waals surface area (Å²) in [6, 6.07) is 3.78. The van der Waals surface area contributed by atoms with E-state index in [4.69, 9.17) is 16.9 Å². The molecule has 0 aliphatic carbocycles. The Hall–Kier alpha value is -1.27. The molecule has 0 amide bonds. The van der Waals surface area contributed by atoms with Gasteiger partial charge in [-0.3, -0.25) is 0 Å². The molecular weight excluding hydrogens is 169 g/mol.